The van der Waals surface area contributed by atoms with Gasteiger partial charge in [0.15, 0.2) is 11.5 Å². The largest absolute Gasteiger partial charge is 0.369 e. The summed E-state index contributed by atoms with van der Waals surface area (Å²) in [5.74, 6) is 2.26. The van der Waals surface area contributed by atoms with Crippen LogP contribution in [-0.4, -0.2) is 31.3 Å². The molecule has 0 radical (unpaired) electrons. The minimum Gasteiger partial charge on any atom is -0.369 e. The van der Waals surface area contributed by atoms with Crippen LogP contribution in [0.15, 0.2) is 47.0 Å². The highest BCUT2D eigenvalue weighted by molar-refractivity contribution is 5.66. The summed E-state index contributed by atoms with van der Waals surface area (Å²) >= 11 is 0. The summed E-state index contributed by atoms with van der Waals surface area (Å²) in [6.07, 6.45) is 1.42. The average molecular weight is 348 g/mol. The third kappa shape index (κ3) is 3.28. The van der Waals surface area contributed by atoms with Crippen molar-refractivity contribution >= 4 is 11.5 Å². The van der Waals surface area contributed by atoms with Crippen LogP contribution in [0.4, 0.5) is 5.82 Å². The first-order valence-corrected chi connectivity index (χ1v) is 8.71. The van der Waals surface area contributed by atoms with E-state index in [0.29, 0.717) is 18.9 Å². The molecular formula is C19H20N6O. The van der Waals surface area contributed by atoms with Gasteiger partial charge in [0.25, 0.3) is 0 Å². The van der Waals surface area contributed by atoms with Gasteiger partial charge in [-0.05, 0) is 6.92 Å². The van der Waals surface area contributed by atoms with E-state index in [1.807, 2.05) is 48.7 Å². The van der Waals surface area contributed by atoms with Crippen LogP contribution in [0, 0.1) is 6.92 Å². The smallest absolute Gasteiger partial charge is 0.228 e. The Morgan fingerprint density at radius 3 is 2.73 bits per heavy atom. The number of fused-ring (bicyclic) bond motifs is 1. The van der Waals surface area contributed by atoms with Crippen molar-refractivity contribution in [3.05, 3.63) is 59.9 Å². The molecule has 0 aliphatic heterocycles. The van der Waals surface area contributed by atoms with E-state index in [-0.39, 0.29) is 0 Å². The quantitative estimate of drug-likeness (QED) is 0.576. The van der Waals surface area contributed by atoms with Gasteiger partial charge < -0.3 is 9.84 Å². The van der Waals surface area contributed by atoms with Crippen molar-refractivity contribution in [2.24, 2.45) is 0 Å². The van der Waals surface area contributed by atoms with Crippen molar-refractivity contribution in [2.45, 2.75) is 26.7 Å². The van der Waals surface area contributed by atoms with E-state index in [2.05, 4.69) is 32.7 Å². The van der Waals surface area contributed by atoms with Crippen LogP contribution in [-0.2, 0) is 12.8 Å². The van der Waals surface area contributed by atoms with Crippen LogP contribution in [0.2, 0.25) is 0 Å². The molecule has 7 heteroatoms. The molecule has 7 nitrogen and oxygen atoms in total. The summed E-state index contributed by atoms with van der Waals surface area (Å²) < 4.78 is 7.07. The maximum atomic E-state index is 5.24. The maximum Gasteiger partial charge on any atom is 0.228 e. The molecule has 0 saturated heterocycles. The van der Waals surface area contributed by atoms with Gasteiger partial charge in [-0.25, -0.2) is 4.98 Å². The predicted octanol–water partition coefficient (Wildman–Crippen LogP) is 3.30. The molecule has 1 aromatic carbocycles. The Morgan fingerprint density at radius 2 is 1.96 bits per heavy atom. The van der Waals surface area contributed by atoms with E-state index < -0.39 is 0 Å². The molecule has 0 fully saturated rings. The molecule has 4 rings (SSSR count). The second-order valence-electron chi connectivity index (χ2n) is 6.08. The molecule has 3 aromatic heterocycles. The van der Waals surface area contributed by atoms with E-state index >= 15 is 0 Å². The Kier molecular flexibility index (Phi) is 4.35. The van der Waals surface area contributed by atoms with Gasteiger partial charge in [-0.15, -0.1) is 0 Å². The van der Waals surface area contributed by atoms with E-state index in [0.717, 1.165) is 40.7 Å². The van der Waals surface area contributed by atoms with Gasteiger partial charge in [0.05, 0.1) is 11.4 Å². The Morgan fingerprint density at radius 1 is 1.12 bits per heavy atom. The molecule has 0 spiro atoms. The SMILES string of the molecule is CCc1noc(CCNc2cc(-c3ccccc3)nc3cc(C)nn23)n1. The molecule has 1 N–H and O–H groups in total. The van der Waals surface area contributed by atoms with Crippen molar-refractivity contribution in [1.82, 2.24) is 24.7 Å². The second-order valence-corrected chi connectivity index (χ2v) is 6.08. The third-order valence-corrected chi connectivity index (χ3v) is 4.09. The summed E-state index contributed by atoms with van der Waals surface area (Å²) in [6, 6.07) is 14.1. The number of hydrogen-bond donors (Lipinski definition) is 1. The van der Waals surface area contributed by atoms with E-state index in [9.17, 15) is 0 Å². The summed E-state index contributed by atoms with van der Waals surface area (Å²) in [5.41, 5.74) is 3.72. The highest BCUT2D eigenvalue weighted by atomic mass is 16.5. The number of aromatic nitrogens is 5. The Labute approximate surface area is 151 Å². The number of nitrogens with zero attached hydrogens (tertiary/aromatic N) is 5. The standard InChI is InChI=1S/C19H20N6O/c1-3-16-22-19(26-24-16)9-10-20-17-12-15(14-7-5-4-6-8-14)21-18-11-13(2)23-25(17)18/h4-8,11-12,20H,3,9-10H2,1-2H3. The predicted molar refractivity (Wildman–Crippen MR) is 99.0 cm³/mol. The molecule has 132 valence electrons. The van der Waals surface area contributed by atoms with Crippen LogP contribution < -0.4 is 5.32 Å². The van der Waals surface area contributed by atoms with Gasteiger partial charge in [0.2, 0.25) is 5.89 Å². The van der Waals surface area contributed by atoms with Gasteiger partial charge in [0, 0.05) is 37.1 Å². The summed E-state index contributed by atoms with van der Waals surface area (Å²) in [6.45, 7) is 4.63. The van der Waals surface area contributed by atoms with Crippen molar-refractivity contribution < 1.29 is 4.52 Å². The Balaban J connectivity index is 1.60. The van der Waals surface area contributed by atoms with Crippen LogP contribution in [0.5, 0.6) is 0 Å². The molecule has 0 unspecified atom stereocenters. The summed E-state index contributed by atoms with van der Waals surface area (Å²) in [7, 11) is 0. The Hall–Kier alpha value is -3.22. The first kappa shape index (κ1) is 16.3. The lowest BCUT2D eigenvalue weighted by molar-refractivity contribution is 0.375. The number of anilines is 1. The number of nitrogens with one attached hydrogen (secondary N) is 1. The zero-order valence-electron chi connectivity index (χ0n) is 14.8. The molecule has 0 atom stereocenters. The molecule has 4 aromatic rings. The third-order valence-electron chi connectivity index (χ3n) is 4.09. The lowest BCUT2D eigenvalue weighted by atomic mass is 10.1. The topological polar surface area (TPSA) is 81.1 Å². The molecule has 0 amide bonds. The minimum absolute atomic E-state index is 0.638. The molecule has 3 heterocycles. The zero-order valence-corrected chi connectivity index (χ0v) is 14.8. The normalized spacial score (nSPS) is 11.2. The fourth-order valence-electron chi connectivity index (χ4n) is 2.80. The molecular weight excluding hydrogens is 328 g/mol. The minimum atomic E-state index is 0.638. The van der Waals surface area contributed by atoms with Crippen molar-refractivity contribution in [1.29, 1.82) is 0 Å². The highest BCUT2D eigenvalue weighted by Crippen LogP contribution is 2.22. The van der Waals surface area contributed by atoms with E-state index in [4.69, 9.17) is 9.51 Å². The fourth-order valence-corrected chi connectivity index (χ4v) is 2.80. The monoisotopic (exact) mass is 348 g/mol. The molecule has 26 heavy (non-hydrogen) atoms. The number of aryl methyl sites for hydroxylation is 2. The number of rotatable bonds is 6. The lowest BCUT2D eigenvalue weighted by Gasteiger charge is -2.10. The second kappa shape index (κ2) is 6.95. The summed E-state index contributed by atoms with van der Waals surface area (Å²) in [4.78, 5) is 9.07. The number of benzene rings is 1. The van der Waals surface area contributed by atoms with Gasteiger partial charge >= 0.3 is 0 Å². The van der Waals surface area contributed by atoms with Gasteiger partial charge in [-0.1, -0.05) is 42.4 Å². The Bertz CT molecular complexity index is 1020. The van der Waals surface area contributed by atoms with Gasteiger partial charge in [-0.2, -0.15) is 14.6 Å². The summed E-state index contributed by atoms with van der Waals surface area (Å²) in [5, 5.41) is 11.9. The first-order valence-electron chi connectivity index (χ1n) is 8.71. The average Bonchev–Trinajstić information content (AvgIpc) is 3.27. The molecule has 0 aliphatic rings. The van der Waals surface area contributed by atoms with Crippen LogP contribution in [0.1, 0.15) is 24.3 Å². The van der Waals surface area contributed by atoms with Crippen LogP contribution >= 0.6 is 0 Å². The first-order chi connectivity index (χ1) is 12.7. The van der Waals surface area contributed by atoms with Gasteiger partial charge in [0.1, 0.15) is 5.82 Å². The molecule has 0 saturated carbocycles. The maximum absolute atomic E-state index is 5.24. The van der Waals surface area contributed by atoms with Crippen LogP contribution in [0.25, 0.3) is 16.9 Å². The number of hydrogen-bond acceptors (Lipinski definition) is 6. The molecule has 0 bridgehead atoms. The lowest BCUT2D eigenvalue weighted by Crippen LogP contribution is -2.10. The van der Waals surface area contributed by atoms with E-state index in [1.54, 1.807) is 0 Å². The zero-order chi connectivity index (χ0) is 17.9. The van der Waals surface area contributed by atoms with Crippen molar-refractivity contribution in [2.75, 3.05) is 11.9 Å². The van der Waals surface area contributed by atoms with Crippen LogP contribution in [0.3, 0.4) is 0 Å². The molecule has 0 aliphatic carbocycles. The van der Waals surface area contributed by atoms with Gasteiger partial charge in [-0.3, -0.25) is 0 Å². The van der Waals surface area contributed by atoms with Crippen molar-refractivity contribution in [3.63, 3.8) is 0 Å². The van der Waals surface area contributed by atoms with Crippen molar-refractivity contribution in [3.8, 4) is 11.3 Å². The highest BCUT2D eigenvalue weighted by Gasteiger charge is 2.10. The van der Waals surface area contributed by atoms with E-state index in [1.165, 1.54) is 0 Å². The fraction of sp³-hybridized carbons (Fsp3) is 0.263.